The van der Waals surface area contributed by atoms with E-state index in [1.54, 1.807) is 12.1 Å². The molecule has 1 aromatic carbocycles. The number of rotatable bonds is 4. The lowest BCUT2D eigenvalue weighted by Crippen LogP contribution is -2.47. The lowest BCUT2D eigenvalue weighted by Gasteiger charge is -2.15. The van der Waals surface area contributed by atoms with E-state index < -0.39 is 23.7 Å². The fraction of sp³-hybridized carbons (Fsp3) is 0.143. The number of carbonyl (C=O) groups is 2. The summed E-state index contributed by atoms with van der Waals surface area (Å²) in [6.07, 6.45) is -0.982. The Hall–Kier alpha value is -2.12. The number of hydrogen-bond acceptors (Lipinski definition) is 4. The van der Waals surface area contributed by atoms with Gasteiger partial charge in [0.2, 0.25) is 0 Å². The number of halogens is 2. The van der Waals surface area contributed by atoms with E-state index in [-0.39, 0.29) is 5.75 Å². The van der Waals surface area contributed by atoms with Crippen molar-refractivity contribution in [3.8, 4) is 5.75 Å². The summed E-state index contributed by atoms with van der Waals surface area (Å²) in [5.74, 6) is -1.72. The molecule has 1 unspecified atom stereocenters. The number of para-hydroxylation sites is 1. The summed E-state index contributed by atoms with van der Waals surface area (Å²) in [7, 11) is 0. The molecule has 8 heteroatoms. The van der Waals surface area contributed by atoms with Crippen molar-refractivity contribution in [2.75, 3.05) is 0 Å². The number of thiophene rings is 1. The van der Waals surface area contributed by atoms with E-state index in [1.807, 2.05) is 0 Å². The van der Waals surface area contributed by atoms with Crippen LogP contribution in [0.2, 0.25) is 4.34 Å². The highest BCUT2D eigenvalue weighted by Crippen LogP contribution is 2.21. The highest BCUT2D eigenvalue weighted by Gasteiger charge is 2.17. The van der Waals surface area contributed by atoms with Crippen LogP contribution in [0.25, 0.3) is 0 Å². The van der Waals surface area contributed by atoms with E-state index in [9.17, 15) is 14.0 Å². The van der Waals surface area contributed by atoms with Crippen LogP contribution in [0.1, 0.15) is 16.6 Å². The maximum absolute atomic E-state index is 13.4. The molecule has 2 rings (SSSR count). The Balaban J connectivity index is 1.86. The first-order valence-electron chi connectivity index (χ1n) is 6.24. The second-order valence-electron chi connectivity index (χ2n) is 4.24. The molecule has 2 aromatic rings. The van der Waals surface area contributed by atoms with E-state index in [0.717, 1.165) is 11.3 Å². The molecule has 116 valence electrons. The van der Waals surface area contributed by atoms with Gasteiger partial charge in [-0.1, -0.05) is 23.7 Å². The smallest absolute Gasteiger partial charge is 0.279 e. The van der Waals surface area contributed by atoms with Gasteiger partial charge in [0.05, 0.1) is 9.21 Å². The molecule has 0 radical (unpaired) electrons. The van der Waals surface area contributed by atoms with Crippen LogP contribution in [0.3, 0.4) is 0 Å². The van der Waals surface area contributed by atoms with Gasteiger partial charge in [-0.05, 0) is 31.2 Å². The van der Waals surface area contributed by atoms with Gasteiger partial charge < -0.3 is 4.74 Å². The number of ether oxygens (including phenoxy) is 1. The number of amides is 2. The van der Waals surface area contributed by atoms with Crippen molar-refractivity contribution in [2.45, 2.75) is 13.0 Å². The van der Waals surface area contributed by atoms with Gasteiger partial charge in [-0.25, -0.2) is 4.39 Å². The van der Waals surface area contributed by atoms with Gasteiger partial charge in [-0.3, -0.25) is 20.4 Å². The van der Waals surface area contributed by atoms with Crippen LogP contribution < -0.4 is 15.6 Å². The molecule has 0 saturated carbocycles. The molecule has 0 spiro atoms. The molecule has 0 aliphatic rings. The minimum Gasteiger partial charge on any atom is -0.478 e. The third kappa shape index (κ3) is 4.19. The molecule has 0 bridgehead atoms. The van der Waals surface area contributed by atoms with Gasteiger partial charge in [0.15, 0.2) is 17.7 Å². The normalized spacial score (nSPS) is 11.6. The van der Waals surface area contributed by atoms with Crippen molar-refractivity contribution in [1.82, 2.24) is 10.9 Å². The molecule has 1 atom stereocenters. The van der Waals surface area contributed by atoms with Crippen molar-refractivity contribution >= 4 is 34.8 Å². The van der Waals surface area contributed by atoms with Gasteiger partial charge in [0, 0.05) is 0 Å². The molecule has 22 heavy (non-hydrogen) atoms. The van der Waals surface area contributed by atoms with E-state index in [1.165, 1.54) is 31.2 Å². The molecule has 0 aliphatic carbocycles. The van der Waals surface area contributed by atoms with Gasteiger partial charge in [0.1, 0.15) is 0 Å². The highest BCUT2D eigenvalue weighted by atomic mass is 35.5. The standard InChI is InChI=1S/C14H12ClFN2O3S/c1-8(21-10-5-3-2-4-9(10)16)13(19)17-18-14(20)11-6-7-12(15)22-11/h2-8H,1H3,(H,17,19)(H,18,20). The summed E-state index contributed by atoms with van der Waals surface area (Å²) < 4.78 is 19.1. The molecule has 5 nitrogen and oxygen atoms in total. The molecule has 2 amide bonds. The van der Waals surface area contributed by atoms with E-state index >= 15 is 0 Å². The minimum absolute atomic E-state index is 0.0403. The van der Waals surface area contributed by atoms with Crippen molar-refractivity contribution in [3.63, 3.8) is 0 Å². The maximum Gasteiger partial charge on any atom is 0.279 e. The molecule has 1 heterocycles. The third-order valence-corrected chi connectivity index (χ3v) is 3.84. The summed E-state index contributed by atoms with van der Waals surface area (Å²) in [5, 5.41) is 0. The Morgan fingerprint density at radius 3 is 2.59 bits per heavy atom. The van der Waals surface area contributed by atoms with Gasteiger partial charge >= 0.3 is 0 Å². The van der Waals surface area contributed by atoms with Crippen LogP contribution in [0, 0.1) is 5.82 Å². The largest absolute Gasteiger partial charge is 0.478 e. The lowest BCUT2D eigenvalue weighted by molar-refractivity contribution is -0.128. The Bertz CT molecular complexity index is 692. The number of nitrogens with one attached hydrogen (secondary N) is 2. The number of carbonyl (C=O) groups excluding carboxylic acids is 2. The predicted molar refractivity (Wildman–Crippen MR) is 81.4 cm³/mol. The first kappa shape index (κ1) is 16.3. The van der Waals surface area contributed by atoms with E-state index in [4.69, 9.17) is 16.3 Å². The second kappa shape index (κ2) is 7.24. The Kier molecular flexibility index (Phi) is 5.35. The summed E-state index contributed by atoms with van der Waals surface area (Å²) in [6, 6.07) is 8.85. The zero-order valence-electron chi connectivity index (χ0n) is 11.4. The first-order chi connectivity index (χ1) is 10.5. The summed E-state index contributed by atoms with van der Waals surface area (Å²) in [5.41, 5.74) is 4.44. The molecule has 0 fully saturated rings. The molecule has 1 aromatic heterocycles. The fourth-order valence-corrected chi connectivity index (χ4v) is 2.44. The van der Waals surface area contributed by atoms with Crippen LogP contribution in [-0.4, -0.2) is 17.9 Å². The second-order valence-corrected chi connectivity index (χ2v) is 5.95. The van der Waals surface area contributed by atoms with Crippen molar-refractivity contribution < 1.29 is 18.7 Å². The van der Waals surface area contributed by atoms with Crippen LogP contribution in [-0.2, 0) is 4.79 Å². The van der Waals surface area contributed by atoms with Crippen molar-refractivity contribution in [1.29, 1.82) is 0 Å². The fourth-order valence-electron chi connectivity index (χ4n) is 1.50. The van der Waals surface area contributed by atoms with Crippen molar-refractivity contribution in [3.05, 3.63) is 51.4 Å². The Morgan fingerprint density at radius 1 is 1.23 bits per heavy atom. The average molecular weight is 343 g/mol. The monoisotopic (exact) mass is 342 g/mol. The summed E-state index contributed by atoms with van der Waals surface area (Å²) in [4.78, 5) is 23.9. The van der Waals surface area contributed by atoms with Crippen LogP contribution >= 0.6 is 22.9 Å². The predicted octanol–water partition coefficient (Wildman–Crippen LogP) is 2.77. The topological polar surface area (TPSA) is 67.4 Å². The average Bonchev–Trinajstić information content (AvgIpc) is 2.93. The van der Waals surface area contributed by atoms with Crippen LogP contribution in [0.5, 0.6) is 5.75 Å². The molecule has 0 saturated heterocycles. The SMILES string of the molecule is CC(Oc1ccccc1F)C(=O)NNC(=O)c1ccc(Cl)s1. The Labute approximate surface area is 135 Å². The lowest BCUT2D eigenvalue weighted by atomic mass is 10.3. The van der Waals surface area contributed by atoms with Crippen LogP contribution in [0.4, 0.5) is 4.39 Å². The van der Waals surface area contributed by atoms with Gasteiger partial charge in [0.25, 0.3) is 11.8 Å². The molecular formula is C14H12ClFN2O3S. The molecule has 0 aliphatic heterocycles. The maximum atomic E-state index is 13.4. The zero-order chi connectivity index (χ0) is 16.1. The number of hydrazine groups is 1. The number of hydrogen-bond donors (Lipinski definition) is 2. The van der Waals surface area contributed by atoms with E-state index in [0.29, 0.717) is 9.21 Å². The molecule has 2 N–H and O–H groups in total. The quantitative estimate of drug-likeness (QED) is 0.840. The van der Waals surface area contributed by atoms with Crippen molar-refractivity contribution in [2.24, 2.45) is 0 Å². The van der Waals surface area contributed by atoms with E-state index in [2.05, 4.69) is 10.9 Å². The highest BCUT2D eigenvalue weighted by molar-refractivity contribution is 7.17. The minimum atomic E-state index is -0.982. The van der Waals surface area contributed by atoms with Gasteiger partial charge in [-0.15, -0.1) is 11.3 Å². The summed E-state index contributed by atoms with van der Waals surface area (Å²) >= 11 is 6.80. The van der Waals surface area contributed by atoms with Crippen LogP contribution in [0.15, 0.2) is 36.4 Å². The summed E-state index contributed by atoms with van der Waals surface area (Å²) in [6.45, 7) is 1.44. The number of benzene rings is 1. The third-order valence-electron chi connectivity index (χ3n) is 2.61. The Morgan fingerprint density at radius 2 is 1.95 bits per heavy atom. The zero-order valence-corrected chi connectivity index (χ0v) is 13.0. The van der Waals surface area contributed by atoms with Gasteiger partial charge in [-0.2, -0.15) is 0 Å². The first-order valence-corrected chi connectivity index (χ1v) is 7.43. The molecular weight excluding hydrogens is 331 g/mol.